The molecule has 0 bridgehead atoms. The van der Waals surface area contributed by atoms with E-state index < -0.39 is 12.0 Å². The molecule has 7 heteroatoms. The third-order valence-corrected chi connectivity index (χ3v) is 6.97. The van der Waals surface area contributed by atoms with Gasteiger partial charge in [0.2, 0.25) is 0 Å². The van der Waals surface area contributed by atoms with E-state index in [9.17, 15) is 9.59 Å². The van der Waals surface area contributed by atoms with Crippen molar-refractivity contribution >= 4 is 22.8 Å². The number of piperazine rings is 1. The van der Waals surface area contributed by atoms with Crippen LogP contribution in [0, 0.1) is 0 Å². The van der Waals surface area contributed by atoms with Gasteiger partial charge in [0.05, 0.1) is 11.2 Å². The Kier molecular flexibility index (Phi) is 8.69. The predicted molar refractivity (Wildman–Crippen MR) is 152 cm³/mol. The SMILES string of the molecule is C.CCC(=O)OC(CC)n1c(=O)oc2c(N3CCN(Cc4cccc(-c5ccccc5)c4)CC3)cccc21. The molecule has 0 amide bonds. The quantitative estimate of drug-likeness (QED) is 0.265. The summed E-state index contributed by atoms with van der Waals surface area (Å²) in [5.74, 6) is -0.843. The Hall–Kier alpha value is -3.84. The number of para-hydroxylation sites is 1. The lowest BCUT2D eigenvalue weighted by Crippen LogP contribution is -2.46. The molecule has 0 saturated carbocycles. The number of hydrogen-bond donors (Lipinski definition) is 0. The maximum Gasteiger partial charge on any atom is 0.423 e. The largest absolute Gasteiger partial charge is 0.441 e. The van der Waals surface area contributed by atoms with Gasteiger partial charge in [-0.05, 0) is 34.9 Å². The molecule has 7 nitrogen and oxygen atoms in total. The number of carbonyl (C=O) groups excluding carboxylic acids is 1. The highest BCUT2D eigenvalue weighted by molar-refractivity contribution is 5.87. The molecule has 1 fully saturated rings. The first-order chi connectivity index (χ1) is 18.1. The van der Waals surface area contributed by atoms with E-state index in [2.05, 4.69) is 58.3 Å². The molecule has 1 aliphatic heterocycles. The van der Waals surface area contributed by atoms with E-state index in [0.29, 0.717) is 17.5 Å². The van der Waals surface area contributed by atoms with Crippen molar-refractivity contribution in [3.63, 3.8) is 0 Å². The van der Waals surface area contributed by atoms with Gasteiger partial charge in [-0.3, -0.25) is 9.69 Å². The van der Waals surface area contributed by atoms with E-state index in [1.54, 1.807) is 6.92 Å². The number of ether oxygens (including phenoxy) is 1. The fraction of sp³-hybridized carbons (Fsp3) is 0.355. The number of esters is 1. The number of carbonyl (C=O) groups is 1. The van der Waals surface area contributed by atoms with Crippen molar-refractivity contribution in [3.05, 3.63) is 88.9 Å². The highest BCUT2D eigenvalue weighted by Gasteiger charge is 2.25. The molecule has 200 valence electrons. The molecule has 0 spiro atoms. The molecule has 5 rings (SSSR count). The van der Waals surface area contributed by atoms with Gasteiger partial charge < -0.3 is 14.1 Å². The van der Waals surface area contributed by atoms with E-state index >= 15 is 0 Å². The fourth-order valence-electron chi connectivity index (χ4n) is 5.00. The van der Waals surface area contributed by atoms with Gasteiger partial charge in [-0.1, -0.05) is 75.9 Å². The Balaban J connectivity index is 0.00000336. The Morgan fingerprint density at radius 2 is 1.63 bits per heavy atom. The van der Waals surface area contributed by atoms with E-state index in [1.807, 2.05) is 31.2 Å². The van der Waals surface area contributed by atoms with Crippen LogP contribution in [0.1, 0.15) is 45.9 Å². The summed E-state index contributed by atoms with van der Waals surface area (Å²) in [5, 5.41) is 0. The summed E-state index contributed by atoms with van der Waals surface area (Å²) >= 11 is 0. The number of rotatable bonds is 8. The second kappa shape index (κ2) is 12.1. The number of anilines is 1. The van der Waals surface area contributed by atoms with Crippen molar-refractivity contribution in [3.8, 4) is 11.1 Å². The van der Waals surface area contributed by atoms with Crippen LogP contribution in [0.4, 0.5) is 5.69 Å². The average Bonchev–Trinajstić information content (AvgIpc) is 3.28. The van der Waals surface area contributed by atoms with Crippen molar-refractivity contribution in [1.82, 2.24) is 9.47 Å². The normalized spacial score (nSPS) is 14.7. The van der Waals surface area contributed by atoms with Crippen LogP contribution in [0.2, 0.25) is 0 Å². The summed E-state index contributed by atoms with van der Waals surface area (Å²) < 4.78 is 12.7. The van der Waals surface area contributed by atoms with Crippen LogP contribution >= 0.6 is 0 Å². The molecule has 1 saturated heterocycles. The summed E-state index contributed by atoms with van der Waals surface area (Å²) in [6.07, 6.45) is 0.0573. The summed E-state index contributed by atoms with van der Waals surface area (Å²) in [5.41, 5.74) is 5.85. The van der Waals surface area contributed by atoms with E-state index in [-0.39, 0.29) is 19.8 Å². The number of benzene rings is 3. The topological polar surface area (TPSA) is 67.9 Å². The zero-order valence-electron chi connectivity index (χ0n) is 21.4. The number of hydrogen-bond acceptors (Lipinski definition) is 6. The van der Waals surface area contributed by atoms with Gasteiger partial charge in [0, 0.05) is 45.6 Å². The molecule has 4 aromatic rings. The zero-order valence-corrected chi connectivity index (χ0v) is 21.4. The third-order valence-electron chi connectivity index (χ3n) is 6.97. The van der Waals surface area contributed by atoms with Crippen LogP contribution in [0.3, 0.4) is 0 Å². The number of oxazole rings is 1. The van der Waals surface area contributed by atoms with Crippen molar-refractivity contribution in [2.45, 2.75) is 46.9 Å². The van der Waals surface area contributed by atoms with Gasteiger partial charge >= 0.3 is 11.7 Å². The van der Waals surface area contributed by atoms with Crippen molar-refractivity contribution < 1.29 is 13.9 Å². The third kappa shape index (κ3) is 5.68. The second-order valence-corrected chi connectivity index (χ2v) is 9.40. The minimum Gasteiger partial charge on any atom is -0.441 e. The standard InChI is InChI=1S/C30H33N3O4.CH4/c1-3-27(36-28(34)4-2)33-26-15-9-14-25(29(26)37-30(33)35)32-18-16-31(17-19-32)21-22-10-8-13-24(20-22)23-11-6-5-7-12-23;/h5-15,20,27H,3-4,16-19,21H2,1-2H3;1H4. The Morgan fingerprint density at radius 1 is 0.921 bits per heavy atom. The summed E-state index contributed by atoms with van der Waals surface area (Å²) in [4.78, 5) is 29.4. The molecule has 0 N–H and O–H groups in total. The Bertz CT molecular complexity index is 1420. The molecule has 0 radical (unpaired) electrons. The molecule has 1 atom stereocenters. The van der Waals surface area contributed by atoms with Crippen molar-refractivity contribution in [2.24, 2.45) is 0 Å². The first kappa shape index (κ1) is 27.2. The molecule has 0 aliphatic carbocycles. The summed E-state index contributed by atoms with van der Waals surface area (Å²) in [6, 6.07) is 25.0. The van der Waals surface area contributed by atoms with Crippen molar-refractivity contribution in [2.75, 3.05) is 31.1 Å². The molecular weight excluding hydrogens is 478 g/mol. The second-order valence-electron chi connectivity index (χ2n) is 9.40. The molecule has 2 heterocycles. The van der Waals surface area contributed by atoms with Crippen LogP contribution in [-0.4, -0.2) is 41.6 Å². The fourth-order valence-corrected chi connectivity index (χ4v) is 5.00. The molecule has 1 aliphatic rings. The van der Waals surface area contributed by atoms with Crippen molar-refractivity contribution in [1.29, 1.82) is 0 Å². The zero-order chi connectivity index (χ0) is 25.8. The van der Waals surface area contributed by atoms with Crippen LogP contribution in [0.15, 0.2) is 82.0 Å². The summed E-state index contributed by atoms with van der Waals surface area (Å²) in [6.45, 7) is 7.99. The maximum absolute atomic E-state index is 12.8. The van der Waals surface area contributed by atoms with Gasteiger partial charge in [-0.15, -0.1) is 0 Å². The Labute approximate surface area is 224 Å². The van der Waals surface area contributed by atoms with Gasteiger partial charge in [-0.25, -0.2) is 9.36 Å². The highest BCUT2D eigenvalue weighted by atomic mass is 16.6. The van der Waals surface area contributed by atoms with Gasteiger partial charge in [0.25, 0.3) is 0 Å². The minimum absolute atomic E-state index is 0. The average molecular weight is 516 g/mol. The van der Waals surface area contributed by atoms with Crippen LogP contribution < -0.4 is 10.7 Å². The summed E-state index contributed by atoms with van der Waals surface area (Å²) in [7, 11) is 0. The highest BCUT2D eigenvalue weighted by Crippen LogP contribution is 2.30. The van der Waals surface area contributed by atoms with Crippen LogP contribution in [0.5, 0.6) is 0 Å². The number of nitrogens with zero attached hydrogens (tertiary/aromatic N) is 3. The van der Waals surface area contributed by atoms with Gasteiger partial charge in [-0.2, -0.15) is 0 Å². The first-order valence-corrected chi connectivity index (χ1v) is 13.0. The van der Waals surface area contributed by atoms with E-state index in [1.165, 1.54) is 21.3 Å². The lowest BCUT2D eigenvalue weighted by atomic mass is 10.0. The van der Waals surface area contributed by atoms with Gasteiger partial charge in [0.1, 0.15) is 0 Å². The molecule has 1 unspecified atom stereocenters. The molecule has 38 heavy (non-hydrogen) atoms. The minimum atomic E-state index is -0.681. The van der Waals surface area contributed by atoms with Gasteiger partial charge in [0.15, 0.2) is 11.8 Å². The molecule has 1 aromatic heterocycles. The number of fused-ring (bicyclic) bond motifs is 1. The number of aromatic nitrogens is 1. The monoisotopic (exact) mass is 515 g/mol. The maximum atomic E-state index is 12.8. The van der Waals surface area contributed by atoms with Crippen LogP contribution in [-0.2, 0) is 16.1 Å². The molecular formula is C31H37N3O4. The smallest absolute Gasteiger partial charge is 0.423 e. The van der Waals surface area contributed by atoms with E-state index in [0.717, 1.165) is 38.4 Å². The van der Waals surface area contributed by atoms with E-state index in [4.69, 9.17) is 9.15 Å². The lowest BCUT2D eigenvalue weighted by molar-refractivity contribution is -0.153. The lowest BCUT2D eigenvalue weighted by Gasteiger charge is -2.36. The first-order valence-electron chi connectivity index (χ1n) is 13.0. The molecule has 3 aromatic carbocycles. The predicted octanol–water partition coefficient (Wildman–Crippen LogP) is 6.08. The Morgan fingerprint density at radius 3 is 2.34 bits per heavy atom. The van der Waals surface area contributed by atoms with Crippen LogP contribution in [0.25, 0.3) is 22.2 Å².